The van der Waals surface area contributed by atoms with Crippen molar-refractivity contribution < 1.29 is 4.79 Å². The summed E-state index contributed by atoms with van der Waals surface area (Å²) < 4.78 is 1.74. The third kappa shape index (κ3) is 6.08. The summed E-state index contributed by atoms with van der Waals surface area (Å²) in [6.45, 7) is 7.87. The highest BCUT2D eigenvalue weighted by atomic mass is 35.5. The highest BCUT2D eigenvalue weighted by Crippen LogP contribution is 2.23. The van der Waals surface area contributed by atoms with Crippen LogP contribution in [0.1, 0.15) is 43.0 Å². The molecule has 7 heteroatoms. The number of hydrogen-bond acceptors (Lipinski definition) is 3. The molecule has 5 nitrogen and oxygen atoms in total. The van der Waals surface area contributed by atoms with Gasteiger partial charge >= 0.3 is 0 Å². The van der Waals surface area contributed by atoms with Crippen LogP contribution in [-0.4, -0.2) is 46.3 Å². The topological polar surface area (TPSA) is 50.2 Å². The second-order valence-electron chi connectivity index (χ2n) is 7.53. The first-order valence-electron chi connectivity index (χ1n) is 10.1. The summed E-state index contributed by atoms with van der Waals surface area (Å²) in [6.07, 6.45) is 6.48. The normalized spacial score (nSPS) is 15.9. The maximum absolute atomic E-state index is 12.3. The minimum atomic E-state index is -0.0835. The van der Waals surface area contributed by atoms with Crippen LogP contribution in [0.5, 0.6) is 0 Å². The van der Waals surface area contributed by atoms with E-state index in [1.165, 1.54) is 6.42 Å². The van der Waals surface area contributed by atoms with Crippen LogP contribution in [0, 0.1) is 6.92 Å². The van der Waals surface area contributed by atoms with Gasteiger partial charge in [0.05, 0.1) is 12.2 Å². The molecular weight excluding hydrogens is 407 g/mol. The van der Waals surface area contributed by atoms with Gasteiger partial charge in [-0.1, -0.05) is 42.3 Å². The molecule has 29 heavy (non-hydrogen) atoms. The Kier molecular flexibility index (Phi) is 7.76. The highest BCUT2D eigenvalue weighted by Gasteiger charge is 2.19. The van der Waals surface area contributed by atoms with Crippen molar-refractivity contribution in [2.45, 2.75) is 45.7 Å². The Morgan fingerprint density at radius 2 is 1.93 bits per heavy atom. The number of carbonyl (C=O) groups is 1. The lowest BCUT2D eigenvalue weighted by atomic mass is 10.0. The lowest BCUT2D eigenvalue weighted by Crippen LogP contribution is -2.44. The van der Waals surface area contributed by atoms with E-state index in [9.17, 15) is 4.79 Å². The highest BCUT2D eigenvalue weighted by molar-refractivity contribution is 6.31. The SMILES string of the molecule is CCCN1CCC(NC(=O)/C=C/c2c(C)nn(Cc3ccc(Cl)cc3)c2Cl)CC1. The molecule has 3 rings (SSSR count). The van der Waals surface area contributed by atoms with E-state index >= 15 is 0 Å². The van der Waals surface area contributed by atoms with Crippen molar-refractivity contribution in [3.63, 3.8) is 0 Å². The number of aryl methyl sites for hydroxylation is 1. The Morgan fingerprint density at radius 3 is 2.59 bits per heavy atom. The van der Waals surface area contributed by atoms with Crippen molar-refractivity contribution >= 4 is 35.2 Å². The van der Waals surface area contributed by atoms with Gasteiger partial charge in [-0.05, 0) is 56.5 Å². The first kappa shape index (κ1) is 21.9. The van der Waals surface area contributed by atoms with Gasteiger partial charge < -0.3 is 10.2 Å². The summed E-state index contributed by atoms with van der Waals surface area (Å²) in [5.74, 6) is -0.0835. The number of nitrogens with one attached hydrogen (secondary N) is 1. The zero-order valence-corrected chi connectivity index (χ0v) is 18.5. The summed E-state index contributed by atoms with van der Waals surface area (Å²) >= 11 is 12.5. The Bertz CT molecular complexity index is 852. The van der Waals surface area contributed by atoms with Crippen LogP contribution < -0.4 is 5.32 Å². The number of nitrogens with zero attached hydrogens (tertiary/aromatic N) is 3. The molecule has 156 valence electrons. The number of piperidine rings is 1. The summed E-state index contributed by atoms with van der Waals surface area (Å²) in [6, 6.07) is 7.83. The molecule has 2 aromatic rings. The average molecular weight is 435 g/mol. The molecule has 0 unspecified atom stereocenters. The number of halogens is 2. The van der Waals surface area contributed by atoms with Crippen LogP contribution in [0.25, 0.3) is 6.08 Å². The van der Waals surface area contributed by atoms with Gasteiger partial charge in [0.1, 0.15) is 5.15 Å². The molecule has 0 saturated carbocycles. The summed E-state index contributed by atoms with van der Waals surface area (Å²) in [5.41, 5.74) is 2.62. The van der Waals surface area contributed by atoms with Crippen LogP contribution in [-0.2, 0) is 11.3 Å². The van der Waals surface area contributed by atoms with E-state index < -0.39 is 0 Å². The summed E-state index contributed by atoms with van der Waals surface area (Å²) in [4.78, 5) is 14.8. The fraction of sp³-hybridized carbons (Fsp3) is 0.455. The Labute approximate surface area is 182 Å². The molecule has 1 amide bonds. The molecule has 1 aliphatic heterocycles. The van der Waals surface area contributed by atoms with Crippen molar-refractivity contribution in [3.05, 3.63) is 57.3 Å². The van der Waals surface area contributed by atoms with E-state index in [2.05, 4.69) is 22.2 Å². The predicted molar refractivity (Wildman–Crippen MR) is 119 cm³/mol. The number of amides is 1. The molecule has 0 spiro atoms. The van der Waals surface area contributed by atoms with Gasteiger partial charge in [0.15, 0.2) is 0 Å². The van der Waals surface area contributed by atoms with Crippen LogP contribution in [0.2, 0.25) is 10.2 Å². The van der Waals surface area contributed by atoms with Gasteiger partial charge in [0.2, 0.25) is 5.91 Å². The summed E-state index contributed by atoms with van der Waals surface area (Å²) in [5, 5.41) is 8.84. The molecule has 0 aliphatic carbocycles. The van der Waals surface area contributed by atoms with Gasteiger partial charge in [-0.3, -0.25) is 4.79 Å². The first-order valence-corrected chi connectivity index (χ1v) is 10.9. The van der Waals surface area contributed by atoms with E-state index in [0.29, 0.717) is 16.7 Å². The number of carbonyl (C=O) groups excluding carboxylic acids is 1. The number of hydrogen-bond donors (Lipinski definition) is 1. The molecule has 1 saturated heterocycles. The largest absolute Gasteiger partial charge is 0.350 e. The van der Waals surface area contributed by atoms with Gasteiger partial charge in [-0.2, -0.15) is 5.10 Å². The van der Waals surface area contributed by atoms with Crippen LogP contribution in [0.15, 0.2) is 30.3 Å². The van der Waals surface area contributed by atoms with Gasteiger partial charge in [-0.15, -0.1) is 0 Å². The molecule has 1 fully saturated rings. The molecule has 0 radical (unpaired) electrons. The van der Waals surface area contributed by atoms with Crippen molar-refractivity contribution in [3.8, 4) is 0 Å². The zero-order valence-electron chi connectivity index (χ0n) is 17.0. The third-order valence-electron chi connectivity index (χ3n) is 5.23. The number of aromatic nitrogens is 2. The van der Waals surface area contributed by atoms with Gasteiger partial charge in [0, 0.05) is 35.8 Å². The first-order chi connectivity index (χ1) is 14.0. The van der Waals surface area contributed by atoms with Crippen LogP contribution in [0.4, 0.5) is 0 Å². The lowest BCUT2D eigenvalue weighted by Gasteiger charge is -2.31. The van der Waals surface area contributed by atoms with Gasteiger partial charge in [-0.25, -0.2) is 4.68 Å². The number of benzene rings is 1. The molecule has 0 bridgehead atoms. The number of rotatable bonds is 7. The van der Waals surface area contributed by atoms with Crippen molar-refractivity contribution in [1.82, 2.24) is 20.0 Å². The minimum absolute atomic E-state index is 0.0835. The monoisotopic (exact) mass is 434 g/mol. The fourth-order valence-corrected chi connectivity index (χ4v) is 4.07. The second-order valence-corrected chi connectivity index (χ2v) is 8.33. The van der Waals surface area contributed by atoms with Crippen LogP contribution in [0.3, 0.4) is 0 Å². The quantitative estimate of drug-likeness (QED) is 0.650. The Balaban J connectivity index is 1.58. The summed E-state index contributed by atoms with van der Waals surface area (Å²) in [7, 11) is 0. The average Bonchev–Trinajstić information content (AvgIpc) is 2.96. The van der Waals surface area contributed by atoms with E-state index in [1.807, 2.05) is 31.2 Å². The van der Waals surface area contributed by atoms with Crippen LogP contribution >= 0.6 is 23.2 Å². The lowest BCUT2D eigenvalue weighted by molar-refractivity contribution is -0.117. The van der Waals surface area contributed by atoms with E-state index in [1.54, 1.807) is 16.8 Å². The molecule has 2 heterocycles. The minimum Gasteiger partial charge on any atom is -0.350 e. The second kappa shape index (κ2) is 10.3. The Morgan fingerprint density at radius 1 is 1.24 bits per heavy atom. The van der Waals surface area contributed by atoms with E-state index in [4.69, 9.17) is 23.2 Å². The van der Waals surface area contributed by atoms with Crippen molar-refractivity contribution in [2.75, 3.05) is 19.6 Å². The molecule has 1 N–H and O–H groups in total. The molecule has 1 aliphatic rings. The fourth-order valence-electron chi connectivity index (χ4n) is 3.65. The van der Waals surface area contributed by atoms with Crippen molar-refractivity contribution in [2.24, 2.45) is 0 Å². The zero-order chi connectivity index (χ0) is 20.8. The maximum atomic E-state index is 12.3. The maximum Gasteiger partial charge on any atom is 0.244 e. The van der Waals surface area contributed by atoms with E-state index in [-0.39, 0.29) is 11.9 Å². The molecule has 1 aromatic heterocycles. The molecular formula is C22H28Cl2N4O. The predicted octanol–water partition coefficient (Wildman–Crippen LogP) is 4.55. The standard InChI is InChI=1S/C22H28Cl2N4O/c1-3-12-27-13-10-19(11-14-27)25-21(29)9-8-20-16(2)26-28(22(20)24)15-17-4-6-18(23)7-5-17/h4-9,19H,3,10-15H2,1-2H3,(H,25,29)/b9-8+. The molecule has 1 aromatic carbocycles. The number of likely N-dealkylation sites (tertiary alicyclic amines) is 1. The smallest absolute Gasteiger partial charge is 0.244 e. The third-order valence-corrected chi connectivity index (χ3v) is 5.88. The van der Waals surface area contributed by atoms with E-state index in [0.717, 1.165) is 49.3 Å². The molecule has 0 atom stereocenters. The van der Waals surface area contributed by atoms with Gasteiger partial charge in [0.25, 0.3) is 0 Å². The van der Waals surface area contributed by atoms with Crippen molar-refractivity contribution in [1.29, 1.82) is 0 Å². The Hall–Kier alpha value is -1.82.